The highest BCUT2D eigenvalue weighted by Crippen LogP contribution is 2.37. The molecule has 2 unspecified atom stereocenters. The monoisotopic (exact) mass is 694 g/mol. The van der Waals surface area contributed by atoms with E-state index in [4.69, 9.17) is 4.74 Å². The maximum atomic E-state index is 13.5. The topological polar surface area (TPSA) is 183 Å². The van der Waals surface area contributed by atoms with Gasteiger partial charge in [-0.25, -0.2) is 19.6 Å². The first-order chi connectivity index (χ1) is 24.8. The molecular formula is C37H42N8O6. The third kappa shape index (κ3) is 9.04. The van der Waals surface area contributed by atoms with Gasteiger partial charge in [-0.3, -0.25) is 9.59 Å². The number of hydrogen-bond acceptors (Lipinski definition) is 8. The van der Waals surface area contributed by atoms with Gasteiger partial charge in [0, 0.05) is 30.6 Å². The van der Waals surface area contributed by atoms with Crippen LogP contribution in [0.25, 0.3) is 22.3 Å². The molecule has 6 rings (SSSR count). The molecule has 4 aromatic rings. The Kier molecular flexibility index (Phi) is 11.1. The van der Waals surface area contributed by atoms with Gasteiger partial charge in [0.15, 0.2) is 0 Å². The Morgan fingerprint density at radius 3 is 2.47 bits per heavy atom. The molecule has 1 aliphatic heterocycles. The number of carbonyl (C=O) groups is 4. The van der Waals surface area contributed by atoms with Crippen LogP contribution in [0.1, 0.15) is 67.3 Å². The molecular weight excluding hydrogens is 652 g/mol. The maximum absolute atomic E-state index is 13.5. The van der Waals surface area contributed by atoms with Crippen LogP contribution >= 0.6 is 0 Å². The van der Waals surface area contributed by atoms with E-state index in [1.165, 1.54) is 14.2 Å². The van der Waals surface area contributed by atoms with Crippen LogP contribution in [0.3, 0.4) is 0 Å². The Morgan fingerprint density at radius 2 is 1.71 bits per heavy atom. The number of nitrogens with zero attached hydrogens (tertiary/aromatic N) is 3. The zero-order chi connectivity index (χ0) is 35.7. The third-order valence-corrected chi connectivity index (χ3v) is 9.08. The lowest BCUT2D eigenvalue weighted by Crippen LogP contribution is -2.49. The van der Waals surface area contributed by atoms with Gasteiger partial charge in [-0.05, 0) is 80.3 Å². The van der Waals surface area contributed by atoms with Crippen LogP contribution in [-0.2, 0) is 25.5 Å². The lowest BCUT2D eigenvalue weighted by molar-refractivity contribution is -0.135. The third-order valence-electron chi connectivity index (χ3n) is 9.08. The number of imidazole rings is 2. The second-order valence-electron chi connectivity index (χ2n) is 12.7. The number of hydrogen-bond donors (Lipinski definition) is 5. The van der Waals surface area contributed by atoms with E-state index in [0.29, 0.717) is 13.1 Å². The Bertz CT molecular complexity index is 1940. The fraction of sp³-hybridized carbons (Fsp3) is 0.405. The summed E-state index contributed by atoms with van der Waals surface area (Å²) < 4.78 is 9.21. The minimum absolute atomic E-state index is 0.0814. The molecule has 2 aromatic carbocycles. The molecule has 1 saturated carbocycles. The molecule has 14 nitrogen and oxygen atoms in total. The number of methoxy groups -OCH3 is 2. The molecule has 1 saturated heterocycles. The van der Waals surface area contributed by atoms with E-state index in [0.717, 1.165) is 90.0 Å². The molecule has 2 aromatic heterocycles. The van der Waals surface area contributed by atoms with Gasteiger partial charge in [-0.1, -0.05) is 24.0 Å². The quantitative estimate of drug-likeness (QED) is 0.109. The Labute approximate surface area is 295 Å². The number of aryl methyl sites for hydroxylation is 1. The number of carbonyl (C=O) groups excluding carboxylic acids is 4. The Balaban J connectivity index is 1.01. The van der Waals surface area contributed by atoms with Crippen LogP contribution in [0.4, 0.5) is 9.59 Å². The number of ether oxygens (including phenoxy) is 2. The van der Waals surface area contributed by atoms with Crippen molar-refractivity contribution >= 4 is 35.0 Å². The number of amides is 4. The van der Waals surface area contributed by atoms with E-state index in [1.54, 1.807) is 6.20 Å². The summed E-state index contributed by atoms with van der Waals surface area (Å²) in [4.78, 5) is 66.2. The van der Waals surface area contributed by atoms with Crippen molar-refractivity contribution in [2.75, 3.05) is 33.9 Å². The van der Waals surface area contributed by atoms with Crippen molar-refractivity contribution in [1.82, 2.24) is 40.8 Å². The molecule has 0 bridgehead atoms. The first-order valence-corrected chi connectivity index (χ1v) is 17.2. The highest BCUT2D eigenvalue weighted by Gasteiger charge is 2.43. The minimum atomic E-state index is -0.640. The highest BCUT2D eigenvalue weighted by molar-refractivity contribution is 5.87. The summed E-state index contributed by atoms with van der Waals surface area (Å²) in [6.45, 7) is 1.01. The van der Waals surface area contributed by atoms with Crippen LogP contribution in [0.5, 0.6) is 0 Å². The summed E-state index contributed by atoms with van der Waals surface area (Å²) in [6, 6.07) is 13.1. The van der Waals surface area contributed by atoms with E-state index in [9.17, 15) is 19.2 Å². The van der Waals surface area contributed by atoms with Crippen molar-refractivity contribution < 1.29 is 28.7 Å². The molecule has 51 heavy (non-hydrogen) atoms. The molecule has 5 N–H and O–H groups in total. The van der Waals surface area contributed by atoms with Gasteiger partial charge in [-0.2, -0.15) is 0 Å². The average Bonchev–Trinajstić information content (AvgIpc) is 3.49. The smallest absolute Gasteiger partial charge is 0.407 e. The largest absolute Gasteiger partial charge is 0.453 e. The number of aromatic amines is 2. The zero-order valence-corrected chi connectivity index (χ0v) is 28.7. The lowest BCUT2D eigenvalue weighted by Gasteiger charge is -2.28. The molecule has 0 spiro atoms. The first-order valence-electron chi connectivity index (χ1n) is 17.2. The Hall–Kier alpha value is -5.84. The molecule has 4 amide bonds. The van der Waals surface area contributed by atoms with Gasteiger partial charge in [0.1, 0.15) is 17.7 Å². The number of unbranched alkanes of at least 4 members (excludes halogenated alkanes) is 1. The van der Waals surface area contributed by atoms with Gasteiger partial charge in [0.25, 0.3) is 0 Å². The van der Waals surface area contributed by atoms with Crippen molar-refractivity contribution in [3.8, 4) is 23.1 Å². The minimum Gasteiger partial charge on any atom is -0.453 e. The number of H-pyrrole nitrogens is 2. The number of likely N-dealkylation sites (tertiary alicyclic amines) is 1. The van der Waals surface area contributed by atoms with E-state index < -0.39 is 18.2 Å². The number of aromatic nitrogens is 4. The van der Waals surface area contributed by atoms with Crippen LogP contribution < -0.4 is 16.0 Å². The van der Waals surface area contributed by atoms with Crippen molar-refractivity contribution in [3.63, 3.8) is 0 Å². The summed E-state index contributed by atoms with van der Waals surface area (Å²) in [5.41, 5.74) is 5.33. The SMILES string of the molecule is COC(=O)NCC(=O)NCCCCc1nc2ccc(C#Cc3ccc(-c4cnc(C5CCCN5C(=O)C(NC(=O)OC)C5CC5)[nH]4)cc3)cc2[nH]1. The second kappa shape index (κ2) is 16.2. The molecule has 2 atom stereocenters. The van der Waals surface area contributed by atoms with Crippen LogP contribution in [-0.4, -0.2) is 88.7 Å². The average molecular weight is 695 g/mol. The van der Waals surface area contributed by atoms with Gasteiger partial charge in [-0.15, -0.1) is 0 Å². The van der Waals surface area contributed by atoms with E-state index in [-0.39, 0.29) is 30.3 Å². The van der Waals surface area contributed by atoms with Crippen LogP contribution in [0.15, 0.2) is 48.7 Å². The summed E-state index contributed by atoms with van der Waals surface area (Å²) in [5.74, 6) is 7.89. The standard InChI is InChI=1S/C37H42N8O6/c1-50-36(48)40-22-32(46)38-18-4-3-7-31-41-27-17-12-24(20-28(27)42-31)9-8-23-10-13-25(14-11-23)29-21-39-34(43-29)30-6-5-19-45(30)35(47)33(26-15-16-26)44-37(49)51-2/h10-14,17,20-21,26,30,33H,3-7,15-16,18-19,22H2,1-2H3,(H,38,46)(H,39,43)(H,40,48)(H,41,42)(H,44,49). The number of rotatable bonds is 12. The summed E-state index contributed by atoms with van der Waals surface area (Å²) >= 11 is 0. The fourth-order valence-corrected chi connectivity index (χ4v) is 6.21. The van der Waals surface area contributed by atoms with E-state index in [2.05, 4.69) is 52.5 Å². The fourth-order valence-electron chi connectivity index (χ4n) is 6.21. The van der Waals surface area contributed by atoms with Crippen LogP contribution in [0.2, 0.25) is 0 Å². The molecule has 3 heterocycles. The number of alkyl carbamates (subject to hydrolysis) is 2. The van der Waals surface area contributed by atoms with Crippen molar-refractivity contribution in [2.24, 2.45) is 5.92 Å². The van der Waals surface area contributed by atoms with E-state index in [1.807, 2.05) is 47.4 Å². The lowest BCUT2D eigenvalue weighted by atomic mass is 10.1. The maximum Gasteiger partial charge on any atom is 0.407 e. The van der Waals surface area contributed by atoms with Crippen LogP contribution in [0, 0.1) is 17.8 Å². The van der Waals surface area contributed by atoms with Crippen molar-refractivity contribution in [3.05, 3.63) is 71.4 Å². The molecule has 1 aliphatic carbocycles. The molecule has 2 aliphatic rings. The Morgan fingerprint density at radius 1 is 0.941 bits per heavy atom. The highest BCUT2D eigenvalue weighted by atomic mass is 16.5. The molecule has 14 heteroatoms. The molecule has 266 valence electrons. The predicted molar refractivity (Wildman–Crippen MR) is 188 cm³/mol. The summed E-state index contributed by atoms with van der Waals surface area (Å²) in [6.07, 6.45) is 6.42. The number of fused-ring (bicyclic) bond motifs is 1. The first kappa shape index (κ1) is 35.0. The molecule has 0 radical (unpaired) electrons. The van der Waals surface area contributed by atoms with Gasteiger partial charge < -0.3 is 40.3 Å². The summed E-state index contributed by atoms with van der Waals surface area (Å²) in [5, 5.41) is 7.86. The van der Waals surface area contributed by atoms with Crippen molar-refractivity contribution in [1.29, 1.82) is 0 Å². The van der Waals surface area contributed by atoms with Gasteiger partial charge >= 0.3 is 12.2 Å². The van der Waals surface area contributed by atoms with Gasteiger partial charge in [0.2, 0.25) is 11.8 Å². The van der Waals surface area contributed by atoms with Crippen molar-refractivity contribution in [2.45, 2.75) is 57.0 Å². The zero-order valence-electron chi connectivity index (χ0n) is 28.7. The predicted octanol–water partition coefficient (Wildman–Crippen LogP) is 3.95. The number of benzene rings is 2. The summed E-state index contributed by atoms with van der Waals surface area (Å²) in [7, 11) is 2.55. The second-order valence-corrected chi connectivity index (χ2v) is 12.7. The normalized spacial score (nSPS) is 15.8. The number of nitrogens with one attached hydrogen (secondary N) is 5. The molecule has 2 fully saturated rings. The van der Waals surface area contributed by atoms with E-state index >= 15 is 0 Å². The van der Waals surface area contributed by atoms with Gasteiger partial charge in [0.05, 0.1) is 49.7 Å².